The molecule has 0 spiro atoms. The highest BCUT2D eigenvalue weighted by Crippen LogP contribution is 2.26. The quantitative estimate of drug-likeness (QED) is 0.849. The number of hydrogen-bond donors (Lipinski definition) is 1. The average molecular weight is 230 g/mol. The maximum Gasteiger partial charge on any atom is 0.453 e. The van der Waals surface area contributed by atoms with E-state index in [1.165, 1.54) is 10.6 Å². The van der Waals surface area contributed by atoms with Crippen molar-refractivity contribution in [1.82, 2.24) is 19.9 Å². The van der Waals surface area contributed by atoms with E-state index < -0.39 is 12.0 Å². The van der Waals surface area contributed by atoms with E-state index >= 15 is 0 Å². The van der Waals surface area contributed by atoms with Gasteiger partial charge in [0.15, 0.2) is 5.65 Å². The Morgan fingerprint density at radius 1 is 1.38 bits per heavy atom. The van der Waals surface area contributed by atoms with Crippen LogP contribution in [-0.2, 0) is 12.7 Å². The highest BCUT2D eigenvalue weighted by Gasteiger charge is 2.36. The van der Waals surface area contributed by atoms with Crippen LogP contribution in [0.2, 0.25) is 0 Å². The molecule has 0 amide bonds. The van der Waals surface area contributed by atoms with Gasteiger partial charge < -0.3 is 5.32 Å². The van der Waals surface area contributed by atoms with Crippen LogP contribution in [-0.4, -0.2) is 21.6 Å². The van der Waals surface area contributed by atoms with Gasteiger partial charge in [-0.3, -0.25) is 0 Å². The highest BCUT2D eigenvalue weighted by molar-refractivity contribution is 5.39. The number of alkyl halides is 3. The van der Waals surface area contributed by atoms with Crippen LogP contribution in [0.4, 0.5) is 13.2 Å². The Kier molecular flexibility index (Phi) is 2.55. The minimum absolute atomic E-state index is 0.195. The van der Waals surface area contributed by atoms with Gasteiger partial charge in [0.25, 0.3) is 5.82 Å². The maximum absolute atomic E-state index is 12.4. The summed E-state index contributed by atoms with van der Waals surface area (Å²) in [6, 6.07) is 4.83. The van der Waals surface area contributed by atoms with Gasteiger partial charge in [-0.05, 0) is 19.2 Å². The molecule has 0 saturated heterocycles. The number of aromatic nitrogens is 3. The van der Waals surface area contributed by atoms with Crippen LogP contribution in [0.5, 0.6) is 0 Å². The average Bonchev–Trinajstić information content (AvgIpc) is 2.62. The molecule has 2 heterocycles. The second kappa shape index (κ2) is 3.75. The van der Waals surface area contributed by atoms with Crippen molar-refractivity contribution in [3.05, 3.63) is 29.7 Å². The number of halogens is 3. The minimum Gasteiger partial charge on any atom is -0.314 e. The summed E-state index contributed by atoms with van der Waals surface area (Å²) in [5.74, 6) is -1.11. The molecule has 0 aliphatic carbocycles. The molecular formula is C9H9F3N4. The van der Waals surface area contributed by atoms with E-state index in [-0.39, 0.29) is 5.65 Å². The lowest BCUT2D eigenvalue weighted by Crippen LogP contribution is -2.11. The standard InChI is InChI=1S/C9H9F3N4/c1-13-5-6-3-2-4-7-14-8(9(10,11)12)15-16(6)7/h2-4,13H,5H2,1H3. The van der Waals surface area contributed by atoms with Gasteiger partial charge in [0.1, 0.15) is 0 Å². The zero-order valence-corrected chi connectivity index (χ0v) is 8.41. The van der Waals surface area contributed by atoms with E-state index in [1.54, 1.807) is 19.2 Å². The molecule has 0 fully saturated rings. The van der Waals surface area contributed by atoms with Gasteiger partial charge in [-0.25, -0.2) is 9.50 Å². The zero-order valence-electron chi connectivity index (χ0n) is 8.41. The van der Waals surface area contributed by atoms with Crippen LogP contribution in [0.25, 0.3) is 5.65 Å². The third kappa shape index (κ3) is 1.85. The monoisotopic (exact) mass is 230 g/mol. The number of nitrogens with zero attached hydrogens (tertiary/aromatic N) is 3. The Bertz CT molecular complexity index is 503. The molecule has 1 N–H and O–H groups in total. The molecular weight excluding hydrogens is 221 g/mol. The summed E-state index contributed by atoms with van der Waals surface area (Å²) >= 11 is 0. The normalized spacial score (nSPS) is 12.2. The van der Waals surface area contributed by atoms with Gasteiger partial charge in [-0.1, -0.05) is 6.07 Å². The topological polar surface area (TPSA) is 42.2 Å². The summed E-state index contributed by atoms with van der Waals surface area (Å²) in [4.78, 5) is 3.43. The summed E-state index contributed by atoms with van der Waals surface area (Å²) in [6.07, 6.45) is -4.51. The lowest BCUT2D eigenvalue weighted by atomic mass is 10.3. The maximum atomic E-state index is 12.4. The number of hydrogen-bond acceptors (Lipinski definition) is 3. The largest absolute Gasteiger partial charge is 0.453 e. The first-order valence-corrected chi connectivity index (χ1v) is 4.59. The van der Waals surface area contributed by atoms with Crippen molar-refractivity contribution in [3.63, 3.8) is 0 Å². The molecule has 2 aromatic rings. The van der Waals surface area contributed by atoms with Crippen LogP contribution in [0.3, 0.4) is 0 Å². The van der Waals surface area contributed by atoms with Crippen LogP contribution in [0.1, 0.15) is 11.5 Å². The van der Waals surface area contributed by atoms with Gasteiger partial charge in [-0.2, -0.15) is 13.2 Å². The van der Waals surface area contributed by atoms with Gasteiger partial charge in [0.05, 0.1) is 5.69 Å². The zero-order chi connectivity index (χ0) is 11.8. The predicted octanol–water partition coefficient (Wildman–Crippen LogP) is 1.47. The van der Waals surface area contributed by atoms with Gasteiger partial charge >= 0.3 is 6.18 Å². The number of fused-ring (bicyclic) bond motifs is 1. The van der Waals surface area contributed by atoms with Crippen LogP contribution in [0.15, 0.2) is 18.2 Å². The number of nitrogens with one attached hydrogen (secondary N) is 1. The molecule has 0 atom stereocenters. The second-order valence-corrected chi connectivity index (χ2v) is 3.25. The van der Waals surface area contributed by atoms with E-state index in [0.717, 1.165) is 0 Å². The van der Waals surface area contributed by atoms with Crippen molar-refractivity contribution in [2.45, 2.75) is 12.7 Å². The first-order chi connectivity index (χ1) is 7.52. The molecule has 7 heteroatoms. The number of pyridine rings is 1. The van der Waals surface area contributed by atoms with E-state index in [9.17, 15) is 13.2 Å². The molecule has 2 rings (SSSR count). The molecule has 2 aromatic heterocycles. The first-order valence-electron chi connectivity index (χ1n) is 4.59. The fourth-order valence-electron chi connectivity index (χ4n) is 1.39. The molecule has 0 saturated carbocycles. The molecule has 0 unspecified atom stereocenters. The SMILES string of the molecule is CNCc1cccc2nc(C(F)(F)F)nn12. The van der Waals surface area contributed by atoms with Crippen LogP contribution < -0.4 is 5.32 Å². The smallest absolute Gasteiger partial charge is 0.314 e. The number of rotatable bonds is 2. The van der Waals surface area contributed by atoms with Crippen LogP contribution in [0, 0.1) is 0 Å². The molecule has 0 bridgehead atoms. The van der Waals surface area contributed by atoms with E-state index in [1.807, 2.05) is 0 Å². The Hall–Kier alpha value is -1.63. The molecule has 16 heavy (non-hydrogen) atoms. The van der Waals surface area contributed by atoms with E-state index in [4.69, 9.17) is 0 Å². The molecule has 86 valence electrons. The third-order valence-corrected chi connectivity index (χ3v) is 2.05. The van der Waals surface area contributed by atoms with Crippen molar-refractivity contribution in [3.8, 4) is 0 Å². The Balaban J connectivity index is 2.57. The highest BCUT2D eigenvalue weighted by atomic mass is 19.4. The summed E-state index contributed by atoms with van der Waals surface area (Å²) < 4.78 is 38.4. The van der Waals surface area contributed by atoms with Gasteiger partial charge in [-0.15, -0.1) is 5.10 Å². The Morgan fingerprint density at radius 2 is 2.12 bits per heavy atom. The van der Waals surface area contributed by atoms with E-state index in [2.05, 4.69) is 15.4 Å². The summed E-state index contributed by atoms with van der Waals surface area (Å²) in [6.45, 7) is 0.429. The third-order valence-electron chi connectivity index (χ3n) is 2.05. The molecule has 4 nitrogen and oxygen atoms in total. The lowest BCUT2D eigenvalue weighted by molar-refractivity contribution is -0.144. The first kappa shape index (κ1) is 10.9. The second-order valence-electron chi connectivity index (χ2n) is 3.25. The minimum atomic E-state index is -4.51. The van der Waals surface area contributed by atoms with Crippen molar-refractivity contribution >= 4 is 5.65 Å². The Labute approximate surface area is 89.1 Å². The van der Waals surface area contributed by atoms with Crippen molar-refractivity contribution in [1.29, 1.82) is 0 Å². The van der Waals surface area contributed by atoms with Gasteiger partial charge in [0.2, 0.25) is 0 Å². The van der Waals surface area contributed by atoms with E-state index in [0.29, 0.717) is 12.2 Å². The molecule has 0 radical (unpaired) electrons. The van der Waals surface area contributed by atoms with Gasteiger partial charge in [0, 0.05) is 6.54 Å². The molecule has 0 aromatic carbocycles. The molecule has 0 aliphatic heterocycles. The summed E-state index contributed by atoms with van der Waals surface area (Å²) in [7, 11) is 1.71. The molecule has 0 aliphatic rings. The lowest BCUT2D eigenvalue weighted by Gasteiger charge is -2.01. The van der Waals surface area contributed by atoms with Crippen molar-refractivity contribution in [2.75, 3.05) is 7.05 Å². The fraction of sp³-hybridized carbons (Fsp3) is 0.333. The van der Waals surface area contributed by atoms with Crippen LogP contribution >= 0.6 is 0 Å². The Morgan fingerprint density at radius 3 is 2.75 bits per heavy atom. The van der Waals surface area contributed by atoms with Crippen molar-refractivity contribution in [2.24, 2.45) is 0 Å². The summed E-state index contributed by atoms with van der Waals surface area (Å²) in [5.41, 5.74) is 0.822. The van der Waals surface area contributed by atoms with Crippen molar-refractivity contribution < 1.29 is 13.2 Å². The predicted molar refractivity (Wildman–Crippen MR) is 50.8 cm³/mol. The fourth-order valence-corrected chi connectivity index (χ4v) is 1.39. The summed E-state index contributed by atoms with van der Waals surface area (Å²) in [5, 5.41) is 6.30.